The Morgan fingerprint density at radius 2 is 1.93 bits per heavy atom. The molecule has 0 aromatic heterocycles. The molecule has 15 heavy (non-hydrogen) atoms. The van der Waals surface area contributed by atoms with Gasteiger partial charge in [-0.2, -0.15) is 0 Å². The van der Waals surface area contributed by atoms with E-state index < -0.39 is 0 Å². The number of hydrogen-bond donors (Lipinski definition) is 0. The molecule has 0 aliphatic carbocycles. The third-order valence-corrected chi connectivity index (χ3v) is 3.47. The Bertz CT molecular complexity index is 505. The smallest absolute Gasteiger partial charge is 0.127 e. The summed E-state index contributed by atoms with van der Waals surface area (Å²) in [6.07, 6.45) is 0.967. The maximum atomic E-state index is 10.8. The normalized spacial score (nSPS) is 12.7. The first-order chi connectivity index (χ1) is 7.24. The molecule has 2 rings (SSSR count). The first kappa shape index (κ1) is 10.4. The molecule has 0 bridgehead atoms. The average Bonchev–Trinajstić information content (AvgIpc) is 2.29. The molecule has 76 valence electrons. The molecule has 0 saturated carbocycles. The number of halogens is 1. The van der Waals surface area contributed by atoms with E-state index in [1.54, 1.807) is 0 Å². The van der Waals surface area contributed by atoms with Gasteiger partial charge in [0.15, 0.2) is 0 Å². The fraction of sp³-hybridized carbons (Fsp3) is 0.154. The molecule has 2 aromatic rings. The molecule has 0 heterocycles. The van der Waals surface area contributed by atoms with Crippen LogP contribution in [0.3, 0.4) is 0 Å². The molecule has 0 unspecified atom stereocenters. The first-order valence-corrected chi connectivity index (χ1v) is 5.66. The molecule has 0 radical (unpaired) electrons. The van der Waals surface area contributed by atoms with Crippen molar-refractivity contribution >= 4 is 33.0 Å². The number of carbonyl (C=O) groups excluding carboxylic acids is 1. The molecule has 0 amide bonds. The zero-order valence-corrected chi connectivity index (χ0v) is 9.99. The number of aldehydes is 1. The minimum Gasteiger partial charge on any atom is -0.303 e. The van der Waals surface area contributed by atoms with Crippen LogP contribution in [0, 0.1) is 0 Å². The van der Waals surface area contributed by atoms with E-state index in [9.17, 15) is 4.79 Å². The Morgan fingerprint density at radius 3 is 2.67 bits per heavy atom. The highest BCUT2D eigenvalue weighted by molar-refractivity contribution is 9.10. The highest BCUT2D eigenvalue weighted by atomic mass is 79.9. The van der Waals surface area contributed by atoms with Gasteiger partial charge in [-0.3, -0.25) is 0 Å². The van der Waals surface area contributed by atoms with Gasteiger partial charge >= 0.3 is 0 Å². The van der Waals surface area contributed by atoms with Crippen LogP contribution in [0.25, 0.3) is 10.8 Å². The van der Waals surface area contributed by atoms with Gasteiger partial charge in [-0.1, -0.05) is 43.3 Å². The van der Waals surface area contributed by atoms with Crippen LogP contribution in [0.1, 0.15) is 18.4 Å². The topological polar surface area (TPSA) is 17.1 Å². The maximum absolute atomic E-state index is 10.8. The summed E-state index contributed by atoms with van der Waals surface area (Å²) >= 11 is 3.56. The van der Waals surface area contributed by atoms with Crippen molar-refractivity contribution in [3.8, 4) is 0 Å². The minimum absolute atomic E-state index is 0.0658. The summed E-state index contributed by atoms with van der Waals surface area (Å²) in [7, 11) is 0. The lowest BCUT2D eigenvalue weighted by Crippen LogP contribution is -1.95. The molecule has 0 spiro atoms. The molecule has 1 nitrogen and oxygen atoms in total. The van der Waals surface area contributed by atoms with Crippen LogP contribution in [0.5, 0.6) is 0 Å². The molecule has 0 fully saturated rings. The van der Waals surface area contributed by atoms with E-state index in [4.69, 9.17) is 0 Å². The molecule has 0 N–H and O–H groups in total. The van der Waals surface area contributed by atoms with Crippen LogP contribution in [-0.4, -0.2) is 6.29 Å². The van der Waals surface area contributed by atoms with Gasteiger partial charge in [-0.15, -0.1) is 0 Å². The lowest BCUT2D eigenvalue weighted by molar-refractivity contribution is -0.108. The van der Waals surface area contributed by atoms with Crippen LogP contribution < -0.4 is 0 Å². The Kier molecular flexibility index (Phi) is 2.87. The van der Waals surface area contributed by atoms with Gasteiger partial charge in [-0.25, -0.2) is 0 Å². The number of rotatable bonds is 2. The first-order valence-electron chi connectivity index (χ1n) is 4.86. The zero-order valence-electron chi connectivity index (χ0n) is 8.41. The van der Waals surface area contributed by atoms with Crippen molar-refractivity contribution in [3.05, 3.63) is 46.4 Å². The van der Waals surface area contributed by atoms with Crippen LogP contribution in [0.15, 0.2) is 40.9 Å². The largest absolute Gasteiger partial charge is 0.303 e. The standard InChI is InChI=1S/C13H11BrO/c1-9(8-15)11-7-6-10-4-2-3-5-12(10)13(11)14/h2-9H,1H3/t9-/m0/s1. The third-order valence-electron chi connectivity index (χ3n) is 2.59. The second kappa shape index (κ2) is 4.15. The second-order valence-corrected chi connectivity index (χ2v) is 4.41. The summed E-state index contributed by atoms with van der Waals surface area (Å²) in [5, 5.41) is 2.34. The summed E-state index contributed by atoms with van der Waals surface area (Å²) < 4.78 is 1.03. The van der Waals surface area contributed by atoms with Crippen molar-refractivity contribution in [2.75, 3.05) is 0 Å². The van der Waals surface area contributed by atoms with Gasteiger partial charge in [-0.05, 0) is 32.3 Å². The van der Waals surface area contributed by atoms with Crippen molar-refractivity contribution in [3.63, 3.8) is 0 Å². The zero-order chi connectivity index (χ0) is 10.8. The molecule has 0 aliphatic rings. The van der Waals surface area contributed by atoms with E-state index >= 15 is 0 Å². The highest BCUT2D eigenvalue weighted by Gasteiger charge is 2.10. The van der Waals surface area contributed by atoms with Gasteiger partial charge in [0.25, 0.3) is 0 Å². The van der Waals surface area contributed by atoms with E-state index in [2.05, 4.69) is 34.1 Å². The maximum Gasteiger partial charge on any atom is 0.127 e. The van der Waals surface area contributed by atoms with Gasteiger partial charge in [0.05, 0.1) is 0 Å². The second-order valence-electron chi connectivity index (χ2n) is 3.61. The Hall–Kier alpha value is -1.15. The highest BCUT2D eigenvalue weighted by Crippen LogP contribution is 2.31. The summed E-state index contributed by atoms with van der Waals surface area (Å²) in [5.41, 5.74) is 1.05. The van der Waals surface area contributed by atoms with Crippen molar-refractivity contribution in [1.29, 1.82) is 0 Å². The predicted octanol–water partition coefficient (Wildman–Crippen LogP) is 3.90. The van der Waals surface area contributed by atoms with Gasteiger partial charge in [0.2, 0.25) is 0 Å². The SMILES string of the molecule is C[C@@H](C=O)c1ccc2ccccc2c1Br. The van der Waals surface area contributed by atoms with Crippen molar-refractivity contribution in [1.82, 2.24) is 0 Å². The van der Waals surface area contributed by atoms with E-state index in [1.165, 1.54) is 5.39 Å². The molecule has 0 aliphatic heterocycles. The van der Waals surface area contributed by atoms with Gasteiger partial charge in [0.1, 0.15) is 6.29 Å². The van der Waals surface area contributed by atoms with Crippen LogP contribution in [0.2, 0.25) is 0 Å². The van der Waals surface area contributed by atoms with Crippen molar-refractivity contribution in [2.45, 2.75) is 12.8 Å². The predicted molar refractivity (Wildman–Crippen MR) is 66.1 cm³/mol. The van der Waals surface area contributed by atoms with E-state index in [-0.39, 0.29) is 5.92 Å². The van der Waals surface area contributed by atoms with Crippen LogP contribution >= 0.6 is 15.9 Å². The fourth-order valence-corrected chi connectivity index (χ4v) is 2.53. The quantitative estimate of drug-likeness (QED) is 0.751. The molecule has 0 saturated heterocycles. The van der Waals surface area contributed by atoms with E-state index in [0.717, 1.165) is 21.7 Å². The molecular formula is C13H11BrO. The number of carbonyl (C=O) groups is 1. The number of benzene rings is 2. The van der Waals surface area contributed by atoms with E-state index in [1.807, 2.05) is 25.1 Å². The summed E-state index contributed by atoms with van der Waals surface area (Å²) in [5.74, 6) is -0.0658. The minimum atomic E-state index is -0.0658. The van der Waals surface area contributed by atoms with Crippen molar-refractivity contribution < 1.29 is 4.79 Å². The monoisotopic (exact) mass is 262 g/mol. The Morgan fingerprint density at radius 1 is 1.20 bits per heavy atom. The molecular weight excluding hydrogens is 252 g/mol. The fourth-order valence-electron chi connectivity index (χ4n) is 1.68. The lowest BCUT2D eigenvalue weighted by Gasteiger charge is -2.09. The van der Waals surface area contributed by atoms with Crippen molar-refractivity contribution in [2.24, 2.45) is 0 Å². The number of fused-ring (bicyclic) bond motifs is 1. The Balaban J connectivity index is 2.70. The van der Waals surface area contributed by atoms with Gasteiger partial charge in [0, 0.05) is 10.4 Å². The molecule has 2 aromatic carbocycles. The lowest BCUT2D eigenvalue weighted by atomic mass is 9.99. The van der Waals surface area contributed by atoms with Crippen LogP contribution in [0.4, 0.5) is 0 Å². The third kappa shape index (κ3) is 1.82. The summed E-state index contributed by atoms with van der Waals surface area (Å²) in [6, 6.07) is 12.2. The van der Waals surface area contributed by atoms with Gasteiger partial charge < -0.3 is 4.79 Å². The average molecular weight is 263 g/mol. The summed E-state index contributed by atoms with van der Waals surface area (Å²) in [4.78, 5) is 10.8. The Labute approximate surface area is 97.2 Å². The van der Waals surface area contributed by atoms with E-state index in [0.29, 0.717) is 0 Å². The number of hydrogen-bond acceptors (Lipinski definition) is 1. The summed E-state index contributed by atoms with van der Waals surface area (Å²) in [6.45, 7) is 1.90. The van der Waals surface area contributed by atoms with Crippen LogP contribution in [-0.2, 0) is 4.79 Å². The molecule has 2 heteroatoms. The molecule has 1 atom stereocenters.